The fourth-order valence-corrected chi connectivity index (χ4v) is 1.76. The molecule has 0 aromatic carbocycles. The summed E-state index contributed by atoms with van der Waals surface area (Å²) in [4.78, 5) is 13.3. The molecule has 16 heavy (non-hydrogen) atoms. The summed E-state index contributed by atoms with van der Waals surface area (Å²) >= 11 is 0. The minimum absolute atomic E-state index is 0.135. The van der Waals surface area contributed by atoms with Crippen molar-refractivity contribution >= 4 is 6.09 Å². The number of piperidine rings is 1. The van der Waals surface area contributed by atoms with Crippen LogP contribution >= 0.6 is 0 Å². The van der Waals surface area contributed by atoms with E-state index >= 15 is 0 Å². The second-order valence-corrected chi connectivity index (χ2v) is 5.26. The minimum atomic E-state index is -0.491. The number of aliphatic hydroxyl groups excluding tert-OH is 1. The number of hydrogen-bond donors (Lipinski definition) is 2. The van der Waals surface area contributed by atoms with E-state index in [1.165, 1.54) is 0 Å². The molecule has 1 heterocycles. The van der Waals surface area contributed by atoms with Crippen LogP contribution in [0.25, 0.3) is 0 Å². The number of hydrogen-bond acceptors (Lipinski definition) is 4. The summed E-state index contributed by atoms with van der Waals surface area (Å²) < 4.78 is 5.27. The van der Waals surface area contributed by atoms with Crippen molar-refractivity contribution in [1.82, 2.24) is 10.2 Å². The number of likely N-dealkylation sites (tertiary alicyclic amines) is 1. The third kappa shape index (κ3) is 3.98. The number of carbonyl (C=O) groups excluding carboxylic acids is 1. The molecule has 2 atom stereocenters. The number of carbonyl (C=O) groups is 1. The number of likely N-dealkylation sites (N-methyl/N-ethyl adjacent to an activating group) is 1. The molecular weight excluding hydrogens is 208 g/mol. The van der Waals surface area contributed by atoms with Crippen molar-refractivity contribution in [3.05, 3.63) is 0 Å². The van der Waals surface area contributed by atoms with E-state index in [9.17, 15) is 9.90 Å². The average molecular weight is 230 g/mol. The van der Waals surface area contributed by atoms with Gasteiger partial charge in [0.2, 0.25) is 0 Å². The van der Waals surface area contributed by atoms with Crippen LogP contribution in [0.1, 0.15) is 27.2 Å². The highest BCUT2D eigenvalue weighted by atomic mass is 16.6. The van der Waals surface area contributed by atoms with Gasteiger partial charge in [0, 0.05) is 12.6 Å². The van der Waals surface area contributed by atoms with Crippen molar-refractivity contribution in [3.63, 3.8) is 0 Å². The molecule has 1 aliphatic rings. The maximum Gasteiger partial charge on any atom is 0.410 e. The summed E-state index contributed by atoms with van der Waals surface area (Å²) in [5.74, 6) is 0. The molecule has 1 amide bonds. The van der Waals surface area contributed by atoms with E-state index in [1.807, 2.05) is 27.8 Å². The van der Waals surface area contributed by atoms with Crippen molar-refractivity contribution < 1.29 is 14.6 Å². The smallest absolute Gasteiger partial charge is 0.410 e. The molecule has 0 bridgehead atoms. The van der Waals surface area contributed by atoms with E-state index in [4.69, 9.17) is 4.74 Å². The van der Waals surface area contributed by atoms with Crippen molar-refractivity contribution in [2.45, 2.75) is 44.9 Å². The molecule has 2 N–H and O–H groups in total. The molecular formula is C11H22N2O3. The standard InChI is InChI=1S/C11H22N2O3/c1-11(2,3)16-10(15)13-6-8(12-4)5-9(14)7-13/h8-9,12,14H,5-7H2,1-4H3/t8-,9+/m0/s1. The molecule has 1 fully saturated rings. The number of β-amino-alcohol motifs (C(OH)–C–C–N with tert-alkyl or cyclic N) is 1. The van der Waals surface area contributed by atoms with Crippen molar-refractivity contribution in [3.8, 4) is 0 Å². The lowest BCUT2D eigenvalue weighted by Gasteiger charge is -2.36. The van der Waals surface area contributed by atoms with E-state index in [1.54, 1.807) is 4.90 Å². The number of nitrogens with one attached hydrogen (secondary N) is 1. The van der Waals surface area contributed by atoms with Crippen LogP contribution < -0.4 is 5.32 Å². The quantitative estimate of drug-likeness (QED) is 0.691. The van der Waals surface area contributed by atoms with Crippen molar-refractivity contribution in [2.75, 3.05) is 20.1 Å². The molecule has 5 nitrogen and oxygen atoms in total. The van der Waals surface area contributed by atoms with Crippen LogP contribution in [-0.4, -0.2) is 54.0 Å². The Hall–Kier alpha value is -0.810. The first-order valence-corrected chi connectivity index (χ1v) is 5.65. The Bertz CT molecular complexity index is 250. The van der Waals surface area contributed by atoms with Crippen LogP contribution in [0.3, 0.4) is 0 Å². The topological polar surface area (TPSA) is 61.8 Å². The Balaban J connectivity index is 2.55. The largest absolute Gasteiger partial charge is 0.444 e. The SMILES string of the molecule is CN[C@H]1C[C@@H](O)CN(C(=O)OC(C)(C)C)C1. The van der Waals surface area contributed by atoms with E-state index in [0.717, 1.165) is 0 Å². The second-order valence-electron chi connectivity index (χ2n) is 5.26. The molecule has 0 saturated carbocycles. The van der Waals surface area contributed by atoms with Gasteiger partial charge in [0.1, 0.15) is 5.60 Å². The number of nitrogens with zero attached hydrogens (tertiary/aromatic N) is 1. The van der Waals surface area contributed by atoms with Gasteiger partial charge in [-0.3, -0.25) is 0 Å². The Morgan fingerprint density at radius 2 is 2.06 bits per heavy atom. The number of aliphatic hydroxyl groups is 1. The number of rotatable bonds is 1. The Morgan fingerprint density at radius 3 is 2.56 bits per heavy atom. The summed E-state index contributed by atoms with van der Waals surface area (Å²) in [5.41, 5.74) is -0.491. The molecule has 0 radical (unpaired) electrons. The molecule has 0 unspecified atom stereocenters. The third-order valence-electron chi connectivity index (χ3n) is 2.49. The second kappa shape index (κ2) is 5.01. The lowest BCUT2D eigenvalue weighted by atomic mass is 10.0. The van der Waals surface area contributed by atoms with Gasteiger partial charge in [0.05, 0.1) is 12.6 Å². The fraction of sp³-hybridized carbons (Fsp3) is 0.909. The molecule has 1 saturated heterocycles. The van der Waals surface area contributed by atoms with Crippen LogP contribution in [0.4, 0.5) is 4.79 Å². The summed E-state index contributed by atoms with van der Waals surface area (Å²) in [7, 11) is 1.83. The predicted octanol–water partition coefficient (Wildman–Crippen LogP) is 0.576. The van der Waals surface area contributed by atoms with Gasteiger partial charge < -0.3 is 20.1 Å². The first-order valence-electron chi connectivity index (χ1n) is 5.65. The predicted molar refractivity (Wildman–Crippen MR) is 61.3 cm³/mol. The monoisotopic (exact) mass is 230 g/mol. The maximum atomic E-state index is 11.8. The van der Waals surface area contributed by atoms with Crippen LogP contribution in [0.15, 0.2) is 0 Å². The van der Waals surface area contributed by atoms with Gasteiger partial charge in [0.15, 0.2) is 0 Å². The van der Waals surface area contributed by atoms with E-state index < -0.39 is 11.7 Å². The van der Waals surface area contributed by atoms with Gasteiger partial charge in [-0.2, -0.15) is 0 Å². The van der Waals surface area contributed by atoms with Gasteiger partial charge in [-0.05, 0) is 34.2 Å². The van der Waals surface area contributed by atoms with Crippen LogP contribution in [0.2, 0.25) is 0 Å². The summed E-state index contributed by atoms with van der Waals surface area (Å²) in [6.45, 7) is 6.44. The summed E-state index contributed by atoms with van der Waals surface area (Å²) in [6, 6.07) is 0.135. The first kappa shape index (κ1) is 13.3. The van der Waals surface area contributed by atoms with Gasteiger partial charge >= 0.3 is 6.09 Å². The van der Waals surface area contributed by atoms with Crippen molar-refractivity contribution in [2.24, 2.45) is 0 Å². The molecule has 5 heteroatoms. The highest BCUT2D eigenvalue weighted by molar-refractivity contribution is 5.68. The van der Waals surface area contributed by atoms with E-state index in [0.29, 0.717) is 19.5 Å². The van der Waals surface area contributed by atoms with E-state index in [-0.39, 0.29) is 12.1 Å². The van der Waals surface area contributed by atoms with Gasteiger partial charge in [-0.25, -0.2) is 4.79 Å². The van der Waals surface area contributed by atoms with Crippen LogP contribution in [0.5, 0.6) is 0 Å². The highest BCUT2D eigenvalue weighted by Gasteiger charge is 2.30. The number of ether oxygens (including phenoxy) is 1. The molecule has 0 aromatic rings. The average Bonchev–Trinajstić information content (AvgIpc) is 2.14. The lowest BCUT2D eigenvalue weighted by molar-refractivity contribution is -0.00172. The maximum absolute atomic E-state index is 11.8. The van der Waals surface area contributed by atoms with Crippen LogP contribution in [0, 0.1) is 0 Å². The first-order chi connectivity index (χ1) is 7.31. The summed E-state index contributed by atoms with van der Waals surface area (Å²) in [5, 5.41) is 12.7. The van der Waals surface area contributed by atoms with Gasteiger partial charge in [-0.15, -0.1) is 0 Å². The Morgan fingerprint density at radius 1 is 1.44 bits per heavy atom. The number of amides is 1. The lowest BCUT2D eigenvalue weighted by Crippen LogP contribution is -2.53. The normalized spacial score (nSPS) is 26.7. The molecule has 0 aromatic heterocycles. The van der Waals surface area contributed by atoms with Crippen LogP contribution in [-0.2, 0) is 4.74 Å². The van der Waals surface area contributed by atoms with Gasteiger partial charge in [0.25, 0.3) is 0 Å². The highest BCUT2D eigenvalue weighted by Crippen LogP contribution is 2.15. The summed E-state index contributed by atoms with van der Waals surface area (Å²) in [6.07, 6.45) is -0.152. The third-order valence-corrected chi connectivity index (χ3v) is 2.49. The zero-order chi connectivity index (χ0) is 12.3. The zero-order valence-corrected chi connectivity index (χ0v) is 10.5. The van der Waals surface area contributed by atoms with Crippen molar-refractivity contribution in [1.29, 1.82) is 0 Å². The minimum Gasteiger partial charge on any atom is -0.444 e. The Labute approximate surface area is 96.8 Å². The molecule has 0 aliphatic carbocycles. The Kier molecular flexibility index (Phi) is 4.15. The van der Waals surface area contributed by atoms with Gasteiger partial charge in [-0.1, -0.05) is 0 Å². The zero-order valence-electron chi connectivity index (χ0n) is 10.5. The molecule has 1 aliphatic heterocycles. The molecule has 0 spiro atoms. The van der Waals surface area contributed by atoms with E-state index in [2.05, 4.69) is 5.32 Å². The molecule has 94 valence electrons. The molecule has 1 rings (SSSR count). The fourth-order valence-electron chi connectivity index (χ4n) is 1.76.